The van der Waals surface area contributed by atoms with Gasteiger partial charge in [-0.3, -0.25) is 4.99 Å². The highest BCUT2D eigenvalue weighted by atomic mass is 35.5. The van der Waals surface area contributed by atoms with Gasteiger partial charge in [0.2, 0.25) is 0 Å². The Balaban J connectivity index is 2.21. The molecule has 0 aliphatic rings. The van der Waals surface area contributed by atoms with Gasteiger partial charge in [0.15, 0.2) is 5.96 Å². The monoisotopic (exact) mass is 391 g/mol. The smallest absolute Gasteiger partial charge is 0.193 e. The standard InChI is InChI=1S/C16H26ClN3O4S/c1-18-16(19-8-10-23-12-13-25(3,21)22)20(2)9-11-24-15-6-4-14(17)5-7-15/h4-7H,8-13H2,1-3H3,(H,18,19). The van der Waals surface area contributed by atoms with Crippen LogP contribution in [-0.4, -0.2) is 78.3 Å². The molecule has 1 aromatic carbocycles. The minimum absolute atomic E-state index is 0.0314. The van der Waals surface area contributed by atoms with E-state index in [0.29, 0.717) is 37.3 Å². The van der Waals surface area contributed by atoms with Gasteiger partial charge in [-0.1, -0.05) is 11.6 Å². The van der Waals surface area contributed by atoms with Gasteiger partial charge in [-0.25, -0.2) is 8.42 Å². The lowest BCUT2D eigenvalue weighted by molar-refractivity contribution is 0.153. The van der Waals surface area contributed by atoms with Crippen LogP contribution in [0.5, 0.6) is 5.75 Å². The minimum Gasteiger partial charge on any atom is -0.492 e. The van der Waals surface area contributed by atoms with Crippen molar-refractivity contribution in [2.75, 3.05) is 59.0 Å². The summed E-state index contributed by atoms with van der Waals surface area (Å²) < 4.78 is 32.9. The Hall–Kier alpha value is -1.51. The first-order chi connectivity index (χ1) is 11.8. The van der Waals surface area contributed by atoms with Crippen LogP contribution >= 0.6 is 11.6 Å². The van der Waals surface area contributed by atoms with Crippen LogP contribution in [0.25, 0.3) is 0 Å². The molecule has 0 saturated carbocycles. The second kappa shape index (κ2) is 11.2. The van der Waals surface area contributed by atoms with E-state index in [2.05, 4.69) is 10.3 Å². The fourth-order valence-corrected chi connectivity index (χ4v) is 2.42. The van der Waals surface area contributed by atoms with Gasteiger partial charge >= 0.3 is 0 Å². The quantitative estimate of drug-likeness (QED) is 0.368. The van der Waals surface area contributed by atoms with Crippen molar-refractivity contribution in [3.8, 4) is 5.75 Å². The normalized spacial score (nSPS) is 12.1. The van der Waals surface area contributed by atoms with Crippen molar-refractivity contribution in [3.05, 3.63) is 29.3 Å². The van der Waals surface area contributed by atoms with Gasteiger partial charge in [0.1, 0.15) is 22.2 Å². The zero-order valence-electron chi connectivity index (χ0n) is 14.9. The molecule has 0 aromatic heterocycles. The number of nitrogens with zero attached hydrogens (tertiary/aromatic N) is 2. The number of sulfone groups is 1. The van der Waals surface area contributed by atoms with Crippen LogP contribution in [0.4, 0.5) is 0 Å². The van der Waals surface area contributed by atoms with E-state index in [-0.39, 0.29) is 12.4 Å². The third-order valence-corrected chi connectivity index (χ3v) is 4.37. The average molecular weight is 392 g/mol. The number of hydrogen-bond acceptors (Lipinski definition) is 5. The molecule has 0 atom stereocenters. The molecule has 0 amide bonds. The van der Waals surface area contributed by atoms with Crippen molar-refractivity contribution in [2.45, 2.75) is 0 Å². The topological polar surface area (TPSA) is 80.2 Å². The van der Waals surface area contributed by atoms with Gasteiger partial charge in [-0.15, -0.1) is 0 Å². The third kappa shape index (κ3) is 10.2. The number of nitrogens with one attached hydrogen (secondary N) is 1. The molecule has 1 rings (SSSR count). The van der Waals surface area contributed by atoms with Gasteiger partial charge in [-0.05, 0) is 24.3 Å². The Morgan fingerprint density at radius 1 is 1.24 bits per heavy atom. The first kappa shape index (κ1) is 21.5. The van der Waals surface area contributed by atoms with Crippen LogP contribution in [0.1, 0.15) is 0 Å². The minimum atomic E-state index is -2.98. The number of benzene rings is 1. The molecule has 142 valence electrons. The van der Waals surface area contributed by atoms with Crippen LogP contribution in [0.2, 0.25) is 5.02 Å². The highest BCUT2D eigenvalue weighted by molar-refractivity contribution is 7.90. The number of halogens is 1. The van der Waals surface area contributed by atoms with Crippen LogP contribution in [0, 0.1) is 0 Å². The fourth-order valence-electron chi connectivity index (χ4n) is 1.87. The molecule has 7 nitrogen and oxygen atoms in total. The van der Waals surface area contributed by atoms with Crippen molar-refractivity contribution in [3.63, 3.8) is 0 Å². The number of guanidine groups is 1. The van der Waals surface area contributed by atoms with E-state index in [1.807, 2.05) is 24.1 Å². The van der Waals surface area contributed by atoms with E-state index >= 15 is 0 Å². The Labute approximate surface area is 154 Å². The number of rotatable bonds is 10. The van der Waals surface area contributed by atoms with Crippen molar-refractivity contribution < 1.29 is 17.9 Å². The molecule has 0 unspecified atom stereocenters. The number of hydrogen-bond donors (Lipinski definition) is 1. The Morgan fingerprint density at radius 2 is 1.92 bits per heavy atom. The molecular formula is C16H26ClN3O4S. The average Bonchev–Trinajstić information content (AvgIpc) is 2.55. The maximum Gasteiger partial charge on any atom is 0.193 e. The fraction of sp³-hybridized carbons (Fsp3) is 0.562. The highest BCUT2D eigenvalue weighted by Gasteiger charge is 2.06. The largest absolute Gasteiger partial charge is 0.492 e. The molecule has 0 heterocycles. The molecule has 0 bridgehead atoms. The van der Waals surface area contributed by atoms with E-state index in [4.69, 9.17) is 21.1 Å². The SMILES string of the molecule is CN=C(NCCOCCS(C)(=O)=O)N(C)CCOc1ccc(Cl)cc1. The third-order valence-electron chi connectivity index (χ3n) is 3.21. The van der Waals surface area contributed by atoms with E-state index in [9.17, 15) is 8.42 Å². The van der Waals surface area contributed by atoms with E-state index in [1.165, 1.54) is 6.26 Å². The number of likely N-dealkylation sites (N-methyl/N-ethyl adjacent to an activating group) is 1. The molecule has 0 spiro atoms. The van der Waals surface area contributed by atoms with Gasteiger partial charge in [-0.2, -0.15) is 0 Å². The summed E-state index contributed by atoms with van der Waals surface area (Å²) in [5, 5.41) is 3.83. The Morgan fingerprint density at radius 3 is 2.52 bits per heavy atom. The molecule has 25 heavy (non-hydrogen) atoms. The zero-order valence-corrected chi connectivity index (χ0v) is 16.4. The maximum atomic E-state index is 11.0. The van der Waals surface area contributed by atoms with Crippen LogP contribution in [0.3, 0.4) is 0 Å². The Bertz CT molecular complexity index is 635. The second-order valence-corrected chi connectivity index (χ2v) is 8.14. The summed E-state index contributed by atoms with van der Waals surface area (Å²) in [7, 11) is 0.626. The predicted octanol–water partition coefficient (Wildman–Crippen LogP) is 1.29. The second-order valence-electron chi connectivity index (χ2n) is 5.44. The highest BCUT2D eigenvalue weighted by Crippen LogP contribution is 2.15. The van der Waals surface area contributed by atoms with E-state index in [0.717, 1.165) is 5.75 Å². The molecule has 0 radical (unpaired) electrons. The molecule has 0 aliphatic heterocycles. The number of aliphatic imine (C=N–C) groups is 1. The summed E-state index contributed by atoms with van der Waals surface area (Å²) in [6, 6.07) is 7.21. The zero-order chi connectivity index (χ0) is 18.7. The van der Waals surface area contributed by atoms with Gasteiger partial charge in [0, 0.05) is 31.9 Å². The molecule has 0 fully saturated rings. The molecule has 0 aliphatic carbocycles. The molecule has 9 heteroatoms. The summed E-state index contributed by atoms with van der Waals surface area (Å²) in [6.45, 7) is 2.30. The first-order valence-corrected chi connectivity index (χ1v) is 10.3. The van der Waals surface area contributed by atoms with E-state index in [1.54, 1.807) is 19.2 Å². The van der Waals surface area contributed by atoms with Crippen molar-refractivity contribution in [1.82, 2.24) is 10.2 Å². The predicted molar refractivity (Wildman–Crippen MR) is 101 cm³/mol. The van der Waals surface area contributed by atoms with Crippen LogP contribution in [-0.2, 0) is 14.6 Å². The molecule has 1 aromatic rings. The van der Waals surface area contributed by atoms with Gasteiger partial charge in [0.05, 0.1) is 25.5 Å². The lowest BCUT2D eigenvalue weighted by atomic mass is 10.3. The summed E-state index contributed by atoms with van der Waals surface area (Å²) in [5.41, 5.74) is 0. The summed E-state index contributed by atoms with van der Waals surface area (Å²) in [5.74, 6) is 1.51. The van der Waals surface area contributed by atoms with Crippen LogP contribution in [0.15, 0.2) is 29.3 Å². The summed E-state index contributed by atoms with van der Waals surface area (Å²) >= 11 is 5.83. The van der Waals surface area contributed by atoms with Crippen molar-refractivity contribution >= 4 is 27.4 Å². The summed E-state index contributed by atoms with van der Waals surface area (Å²) in [4.78, 5) is 6.13. The molecule has 0 saturated heterocycles. The van der Waals surface area contributed by atoms with Gasteiger partial charge < -0.3 is 19.7 Å². The summed E-state index contributed by atoms with van der Waals surface area (Å²) in [6.07, 6.45) is 1.19. The first-order valence-electron chi connectivity index (χ1n) is 7.87. The van der Waals surface area contributed by atoms with Crippen LogP contribution < -0.4 is 10.1 Å². The van der Waals surface area contributed by atoms with Crippen molar-refractivity contribution in [1.29, 1.82) is 0 Å². The lowest BCUT2D eigenvalue weighted by Crippen LogP contribution is -2.42. The Kier molecular flexibility index (Phi) is 9.62. The van der Waals surface area contributed by atoms with E-state index < -0.39 is 9.84 Å². The molecule has 1 N–H and O–H groups in total. The lowest BCUT2D eigenvalue weighted by Gasteiger charge is -2.22. The molecular weight excluding hydrogens is 366 g/mol. The van der Waals surface area contributed by atoms with Gasteiger partial charge in [0.25, 0.3) is 0 Å². The van der Waals surface area contributed by atoms with Crippen molar-refractivity contribution in [2.24, 2.45) is 4.99 Å². The number of ether oxygens (including phenoxy) is 2. The maximum absolute atomic E-state index is 11.0.